The van der Waals surface area contributed by atoms with Gasteiger partial charge in [0.05, 0.1) is 27.8 Å². The fourth-order valence-electron chi connectivity index (χ4n) is 3.32. The quantitative estimate of drug-likeness (QED) is 0.400. The highest BCUT2D eigenvalue weighted by Gasteiger charge is 2.33. The van der Waals surface area contributed by atoms with E-state index in [0.29, 0.717) is 0 Å². The van der Waals surface area contributed by atoms with E-state index in [1.165, 1.54) is 18.2 Å². The molecule has 5 N–H and O–H groups in total. The number of carbonyl (C=O) groups is 5. The number of fused-ring (bicyclic) bond motifs is 2. The summed E-state index contributed by atoms with van der Waals surface area (Å²) in [5.74, 6) is -8.80. The minimum absolute atomic E-state index is 0.0331. The lowest BCUT2D eigenvalue weighted by atomic mass is 9.86. The Morgan fingerprint density at radius 1 is 0.517 bits per heavy atom. The predicted molar refractivity (Wildman–Crippen MR) is 96.3 cm³/mol. The van der Waals surface area contributed by atoms with Crippen LogP contribution in [0.3, 0.4) is 0 Å². The monoisotopic (exact) mass is 398 g/mol. The molecule has 3 aromatic rings. The summed E-state index contributed by atoms with van der Waals surface area (Å²) in [7, 11) is 0. The molecule has 0 saturated heterocycles. The predicted octanol–water partition coefficient (Wildman–Crippen LogP) is 2.48. The van der Waals surface area contributed by atoms with Crippen molar-refractivity contribution in [2.24, 2.45) is 0 Å². The standard InChI is InChI=1S/C19H10O10/c20-15(21)7-3-1-2-6-4-9-10(5-8(6)7)12(17(24)25)14(19(28)29)13(18(26)27)11(9)16(22)23/h1-5H,(H,20,21)(H,22,23)(H,24,25)(H,26,27)(H,28,29). The van der Waals surface area contributed by atoms with Gasteiger partial charge in [0.2, 0.25) is 0 Å². The van der Waals surface area contributed by atoms with Crippen LogP contribution in [0.15, 0.2) is 30.3 Å². The molecule has 146 valence electrons. The van der Waals surface area contributed by atoms with E-state index in [4.69, 9.17) is 0 Å². The average molecular weight is 398 g/mol. The van der Waals surface area contributed by atoms with E-state index in [2.05, 4.69) is 0 Å². The van der Waals surface area contributed by atoms with E-state index < -0.39 is 57.5 Å². The van der Waals surface area contributed by atoms with Crippen molar-refractivity contribution in [3.63, 3.8) is 0 Å². The summed E-state index contributed by atoms with van der Waals surface area (Å²) in [6, 6.07) is 6.21. The van der Waals surface area contributed by atoms with Crippen LogP contribution in [0, 0.1) is 0 Å². The van der Waals surface area contributed by atoms with Gasteiger partial charge in [-0.3, -0.25) is 0 Å². The van der Waals surface area contributed by atoms with Crippen LogP contribution in [0.4, 0.5) is 0 Å². The fourth-order valence-corrected chi connectivity index (χ4v) is 3.32. The number of rotatable bonds is 5. The molecule has 0 heterocycles. The van der Waals surface area contributed by atoms with Crippen molar-refractivity contribution in [3.05, 3.63) is 58.1 Å². The van der Waals surface area contributed by atoms with Crippen LogP contribution in [0.25, 0.3) is 21.5 Å². The summed E-state index contributed by atoms with van der Waals surface area (Å²) < 4.78 is 0. The molecule has 0 bridgehead atoms. The third-order valence-corrected chi connectivity index (χ3v) is 4.39. The van der Waals surface area contributed by atoms with Crippen molar-refractivity contribution in [2.75, 3.05) is 0 Å². The molecular weight excluding hydrogens is 388 g/mol. The normalized spacial score (nSPS) is 10.8. The van der Waals surface area contributed by atoms with E-state index in [0.717, 1.165) is 12.1 Å². The van der Waals surface area contributed by atoms with Gasteiger partial charge >= 0.3 is 29.8 Å². The first kappa shape index (κ1) is 19.3. The first-order valence-electron chi connectivity index (χ1n) is 7.79. The van der Waals surface area contributed by atoms with Gasteiger partial charge < -0.3 is 25.5 Å². The largest absolute Gasteiger partial charge is 0.478 e. The Hall–Kier alpha value is -4.47. The first-order chi connectivity index (χ1) is 13.6. The molecule has 0 fully saturated rings. The lowest BCUT2D eigenvalue weighted by molar-refractivity contribution is 0.0621. The van der Waals surface area contributed by atoms with Gasteiger partial charge in [-0.15, -0.1) is 0 Å². The molecule has 10 nitrogen and oxygen atoms in total. The Morgan fingerprint density at radius 2 is 0.966 bits per heavy atom. The molecule has 0 aliphatic heterocycles. The molecule has 0 spiro atoms. The first-order valence-corrected chi connectivity index (χ1v) is 7.79. The minimum Gasteiger partial charge on any atom is -0.478 e. The molecule has 3 aromatic carbocycles. The van der Waals surface area contributed by atoms with Crippen molar-refractivity contribution in [2.45, 2.75) is 0 Å². The zero-order valence-corrected chi connectivity index (χ0v) is 14.2. The van der Waals surface area contributed by atoms with Crippen LogP contribution in [-0.2, 0) is 0 Å². The van der Waals surface area contributed by atoms with Crippen LogP contribution < -0.4 is 0 Å². The molecule has 3 rings (SSSR count). The lowest BCUT2D eigenvalue weighted by Gasteiger charge is -2.15. The Kier molecular flexibility index (Phi) is 4.39. The molecule has 0 saturated carbocycles. The number of carboxylic acid groups (broad SMARTS) is 5. The molecule has 0 amide bonds. The molecule has 0 unspecified atom stereocenters. The van der Waals surface area contributed by atoms with Gasteiger partial charge in [-0.25, -0.2) is 24.0 Å². The van der Waals surface area contributed by atoms with Crippen molar-refractivity contribution in [1.82, 2.24) is 0 Å². The summed E-state index contributed by atoms with van der Waals surface area (Å²) in [4.78, 5) is 58.5. The van der Waals surface area contributed by atoms with Crippen LogP contribution >= 0.6 is 0 Å². The average Bonchev–Trinajstić information content (AvgIpc) is 2.62. The molecule has 29 heavy (non-hydrogen) atoms. The van der Waals surface area contributed by atoms with Gasteiger partial charge in [-0.2, -0.15) is 0 Å². The minimum atomic E-state index is -1.95. The van der Waals surface area contributed by atoms with Crippen molar-refractivity contribution >= 4 is 51.4 Å². The third kappa shape index (κ3) is 2.88. The second-order valence-corrected chi connectivity index (χ2v) is 5.95. The van der Waals surface area contributed by atoms with Crippen molar-refractivity contribution < 1.29 is 49.5 Å². The number of benzene rings is 3. The highest BCUT2D eigenvalue weighted by Crippen LogP contribution is 2.35. The maximum atomic E-state index is 11.8. The SMILES string of the molecule is O=C(O)c1c(C(=O)O)c(C(=O)O)c2cc3c(C(=O)O)cccc3cc2c1C(=O)O. The Labute approximate surface area is 159 Å². The van der Waals surface area contributed by atoms with E-state index in [1.807, 2.05) is 0 Å². The zero-order valence-electron chi connectivity index (χ0n) is 14.2. The van der Waals surface area contributed by atoms with E-state index in [9.17, 15) is 49.5 Å². The van der Waals surface area contributed by atoms with E-state index in [1.54, 1.807) is 0 Å². The molecule has 0 aromatic heterocycles. The molecule has 0 aliphatic rings. The van der Waals surface area contributed by atoms with Crippen LogP contribution in [0.2, 0.25) is 0 Å². The molecule has 10 heteroatoms. The Bertz CT molecular complexity index is 1290. The van der Waals surface area contributed by atoms with Crippen molar-refractivity contribution in [1.29, 1.82) is 0 Å². The molecule has 0 radical (unpaired) electrons. The summed E-state index contributed by atoms with van der Waals surface area (Å²) in [5.41, 5.74) is -4.46. The topological polar surface area (TPSA) is 186 Å². The molecule has 0 aliphatic carbocycles. The zero-order chi connectivity index (χ0) is 21.6. The molecular formula is C19H10O10. The maximum Gasteiger partial charge on any atom is 0.337 e. The third-order valence-electron chi connectivity index (χ3n) is 4.39. The molecule has 0 atom stereocenters. The van der Waals surface area contributed by atoms with Gasteiger partial charge in [0, 0.05) is 0 Å². The van der Waals surface area contributed by atoms with Crippen LogP contribution in [-0.4, -0.2) is 55.4 Å². The van der Waals surface area contributed by atoms with Gasteiger partial charge in [-0.05, 0) is 39.7 Å². The summed E-state index contributed by atoms with van der Waals surface area (Å²) in [6.07, 6.45) is 0. The van der Waals surface area contributed by atoms with Gasteiger partial charge in [0.25, 0.3) is 0 Å². The Morgan fingerprint density at radius 3 is 1.38 bits per heavy atom. The Balaban J connectivity index is 2.75. The highest BCUT2D eigenvalue weighted by atomic mass is 16.4. The van der Waals surface area contributed by atoms with Gasteiger partial charge in [0.1, 0.15) is 0 Å². The van der Waals surface area contributed by atoms with Gasteiger partial charge in [0.15, 0.2) is 0 Å². The number of aromatic carboxylic acids is 5. The van der Waals surface area contributed by atoms with E-state index >= 15 is 0 Å². The van der Waals surface area contributed by atoms with Crippen LogP contribution in [0.1, 0.15) is 51.8 Å². The van der Waals surface area contributed by atoms with Crippen LogP contribution in [0.5, 0.6) is 0 Å². The number of hydrogen-bond acceptors (Lipinski definition) is 5. The number of carboxylic acids is 5. The fraction of sp³-hybridized carbons (Fsp3) is 0. The van der Waals surface area contributed by atoms with Crippen molar-refractivity contribution in [3.8, 4) is 0 Å². The summed E-state index contributed by atoms with van der Waals surface area (Å²) in [5, 5.41) is 46.9. The maximum absolute atomic E-state index is 11.8. The smallest absolute Gasteiger partial charge is 0.337 e. The second kappa shape index (κ2) is 6.60. The second-order valence-electron chi connectivity index (χ2n) is 5.95. The van der Waals surface area contributed by atoms with E-state index in [-0.39, 0.29) is 21.7 Å². The highest BCUT2D eigenvalue weighted by molar-refractivity contribution is 6.25. The number of hydrogen-bond donors (Lipinski definition) is 5. The summed E-state index contributed by atoms with van der Waals surface area (Å²) >= 11 is 0. The van der Waals surface area contributed by atoms with Gasteiger partial charge in [-0.1, -0.05) is 12.1 Å². The lowest BCUT2D eigenvalue weighted by Crippen LogP contribution is -2.20. The summed E-state index contributed by atoms with van der Waals surface area (Å²) in [6.45, 7) is 0.